The number of carbonyl (C=O) groups excluding carboxylic acids is 2. The van der Waals surface area contributed by atoms with Gasteiger partial charge in [0.15, 0.2) is 0 Å². The van der Waals surface area contributed by atoms with Crippen molar-refractivity contribution in [2.24, 2.45) is 7.05 Å². The lowest BCUT2D eigenvalue weighted by atomic mass is 9.83. The molecule has 10 heteroatoms. The molecule has 1 aromatic carbocycles. The van der Waals surface area contributed by atoms with E-state index in [-0.39, 0.29) is 29.5 Å². The van der Waals surface area contributed by atoms with E-state index >= 15 is 0 Å². The molecule has 0 fully saturated rings. The third kappa shape index (κ3) is 5.22. The standard InChI is InChI=1S/C24H29N3O6S/c1-6-32-22(28)19-15(2)26-16(3)20(23(29)33-13-12-17-10-8-7-9-11-17)21(19)18-14-25-24(27(18)4)34(5,30)31/h7-11,14,21,26H,6,12-13H2,1-5H3. The van der Waals surface area contributed by atoms with Gasteiger partial charge >= 0.3 is 11.9 Å². The summed E-state index contributed by atoms with van der Waals surface area (Å²) in [6.07, 6.45) is 2.94. The monoisotopic (exact) mass is 487 g/mol. The summed E-state index contributed by atoms with van der Waals surface area (Å²) < 4.78 is 36.6. The van der Waals surface area contributed by atoms with Crippen LogP contribution < -0.4 is 5.32 Å². The number of nitrogens with one attached hydrogen (secondary N) is 1. The quantitative estimate of drug-likeness (QED) is 0.564. The number of sulfone groups is 1. The third-order valence-corrected chi connectivity index (χ3v) is 6.59. The lowest BCUT2D eigenvalue weighted by Gasteiger charge is -2.30. The zero-order chi connectivity index (χ0) is 25.0. The molecule has 182 valence electrons. The number of imidazole rings is 1. The Bertz CT molecular complexity index is 1260. The summed E-state index contributed by atoms with van der Waals surface area (Å²) in [6.45, 7) is 5.38. The van der Waals surface area contributed by atoms with E-state index in [2.05, 4.69) is 10.3 Å². The molecule has 1 aliphatic rings. The molecule has 1 atom stereocenters. The molecular weight excluding hydrogens is 458 g/mol. The molecule has 0 saturated heterocycles. The van der Waals surface area contributed by atoms with Gasteiger partial charge in [-0.2, -0.15) is 0 Å². The Balaban J connectivity index is 2.02. The predicted octanol–water partition coefficient (Wildman–Crippen LogP) is 2.41. The van der Waals surface area contributed by atoms with Crippen molar-refractivity contribution in [2.75, 3.05) is 19.5 Å². The SMILES string of the molecule is CCOC(=O)C1=C(C)NC(C)=C(C(=O)OCCc2ccccc2)C1c1cnc(S(C)(=O)=O)n1C. The van der Waals surface area contributed by atoms with Crippen LogP contribution in [-0.2, 0) is 42.4 Å². The van der Waals surface area contributed by atoms with Gasteiger partial charge in [0.05, 0.1) is 42.2 Å². The van der Waals surface area contributed by atoms with Gasteiger partial charge in [-0.1, -0.05) is 30.3 Å². The first-order valence-corrected chi connectivity index (χ1v) is 12.7. The minimum atomic E-state index is -3.64. The summed E-state index contributed by atoms with van der Waals surface area (Å²) in [4.78, 5) is 30.3. The lowest BCUT2D eigenvalue weighted by Crippen LogP contribution is -2.33. The van der Waals surface area contributed by atoms with E-state index in [1.54, 1.807) is 20.8 Å². The number of esters is 2. The summed E-state index contributed by atoms with van der Waals surface area (Å²) in [7, 11) is -2.10. The first-order valence-electron chi connectivity index (χ1n) is 10.8. The van der Waals surface area contributed by atoms with Gasteiger partial charge < -0.3 is 19.4 Å². The molecule has 0 saturated carbocycles. The second-order valence-electron chi connectivity index (χ2n) is 8.02. The van der Waals surface area contributed by atoms with Crippen molar-refractivity contribution in [3.63, 3.8) is 0 Å². The molecule has 0 amide bonds. The minimum absolute atomic E-state index is 0.141. The molecule has 0 aliphatic carbocycles. The average Bonchev–Trinajstić information content (AvgIpc) is 3.15. The first-order chi connectivity index (χ1) is 16.1. The van der Waals surface area contributed by atoms with Crippen LogP contribution in [0.3, 0.4) is 0 Å². The summed E-state index contributed by atoms with van der Waals surface area (Å²) in [6, 6.07) is 9.61. The molecule has 1 unspecified atom stereocenters. The van der Waals surface area contributed by atoms with Crippen molar-refractivity contribution in [1.82, 2.24) is 14.9 Å². The van der Waals surface area contributed by atoms with Gasteiger partial charge in [-0.3, -0.25) is 0 Å². The minimum Gasteiger partial charge on any atom is -0.463 e. The predicted molar refractivity (Wildman–Crippen MR) is 125 cm³/mol. The molecule has 2 heterocycles. The van der Waals surface area contributed by atoms with E-state index < -0.39 is 27.7 Å². The molecule has 1 N–H and O–H groups in total. The summed E-state index contributed by atoms with van der Waals surface area (Å²) in [5.74, 6) is -2.14. The number of aromatic nitrogens is 2. The van der Waals surface area contributed by atoms with Crippen LogP contribution in [-0.4, -0.2) is 49.4 Å². The molecule has 2 aromatic rings. The molecule has 34 heavy (non-hydrogen) atoms. The number of ether oxygens (including phenoxy) is 2. The van der Waals surface area contributed by atoms with Crippen molar-refractivity contribution in [2.45, 2.75) is 38.3 Å². The lowest BCUT2D eigenvalue weighted by molar-refractivity contribution is -0.139. The second-order valence-corrected chi connectivity index (χ2v) is 9.93. The van der Waals surface area contributed by atoms with Gasteiger partial charge in [0, 0.05) is 31.1 Å². The van der Waals surface area contributed by atoms with Crippen LogP contribution in [0.1, 0.15) is 37.9 Å². The normalized spacial score (nSPS) is 16.3. The van der Waals surface area contributed by atoms with Crippen molar-refractivity contribution >= 4 is 21.8 Å². The Labute approximate surface area is 199 Å². The molecule has 0 bridgehead atoms. The fourth-order valence-electron chi connectivity index (χ4n) is 4.04. The highest BCUT2D eigenvalue weighted by atomic mass is 32.2. The number of allylic oxidation sites excluding steroid dienone is 2. The van der Waals surface area contributed by atoms with E-state index in [1.807, 2.05) is 30.3 Å². The van der Waals surface area contributed by atoms with E-state index in [4.69, 9.17) is 9.47 Å². The fourth-order valence-corrected chi connectivity index (χ4v) is 4.89. The molecule has 9 nitrogen and oxygen atoms in total. The molecular formula is C24H29N3O6S. The number of hydrogen-bond acceptors (Lipinski definition) is 8. The van der Waals surface area contributed by atoms with E-state index in [0.29, 0.717) is 23.5 Å². The van der Waals surface area contributed by atoms with Crippen molar-refractivity contribution < 1.29 is 27.5 Å². The van der Waals surface area contributed by atoms with Crippen LogP contribution in [0.4, 0.5) is 0 Å². The molecule has 1 aliphatic heterocycles. The highest BCUT2D eigenvalue weighted by Gasteiger charge is 2.40. The Morgan fingerprint density at radius 1 is 1.06 bits per heavy atom. The van der Waals surface area contributed by atoms with Gasteiger partial charge in [0.2, 0.25) is 15.0 Å². The maximum Gasteiger partial charge on any atom is 0.336 e. The Kier molecular flexibility index (Phi) is 7.61. The van der Waals surface area contributed by atoms with Gasteiger partial charge in [0.1, 0.15) is 0 Å². The van der Waals surface area contributed by atoms with Crippen LogP contribution >= 0.6 is 0 Å². The summed E-state index contributed by atoms with van der Waals surface area (Å²) in [5, 5.41) is 2.90. The number of nitrogens with zero attached hydrogens (tertiary/aromatic N) is 2. The van der Waals surface area contributed by atoms with Gasteiger partial charge in [-0.15, -0.1) is 0 Å². The van der Waals surface area contributed by atoms with Crippen LogP contribution in [0.2, 0.25) is 0 Å². The Hall–Kier alpha value is -3.40. The highest BCUT2D eigenvalue weighted by molar-refractivity contribution is 7.90. The number of carbonyl (C=O) groups is 2. The van der Waals surface area contributed by atoms with Crippen molar-refractivity contribution in [3.05, 3.63) is 70.3 Å². The zero-order valence-electron chi connectivity index (χ0n) is 19.9. The molecule has 3 rings (SSSR count). The van der Waals surface area contributed by atoms with Crippen molar-refractivity contribution in [1.29, 1.82) is 0 Å². The van der Waals surface area contributed by atoms with Crippen LogP contribution in [0.25, 0.3) is 0 Å². The van der Waals surface area contributed by atoms with Crippen LogP contribution in [0.15, 0.2) is 64.2 Å². The molecule has 0 spiro atoms. The third-order valence-electron chi connectivity index (χ3n) is 5.55. The number of benzene rings is 1. The molecule has 0 radical (unpaired) electrons. The van der Waals surface area contributed by atoms with Gasteiger partial charge in [-0.05, 0) is 26.3 Å². The summed E-state index contributed by atoms with van der Waals surface area (Å²) >= 11 is 0. The smallest absolute Gasteiger partial charge is 0.336 e. The summed E-state index contributed by atoms with van der Waals surface area (Å²) in [5.41, 5.74) is 2.78. The number of rotatable bonds is 8. The average molecular weight is 488 g/mol. The Morgan fingerprint density at radius 3 is 2.18 bits per heavy atom. The van der Waals surface area contributed by atoms with E-state index in [9.17, 15) is 18.0 Å². The Morgan fingerprint density at radius 2 is 1.65 bits per heavy atom. The van der Waals surface area contributed by atoms with Crippen LogP contribution in [0, 0.1) is 0 Å². The largest absolute Gasteiger partial charge is 0.463 e. The zero-order valence-corrected chi connectivity index (χ0v) is 20.7. The van der Waals surface area contributed by atoms with Crippen LogP contribution in [0.5, 0.6) is 0 Å². The van der Waals surface area contributed by atoms with Gasteiger partial charge in [-0.25, -0.2) is 23.0 Å². The van der Waals surface area contributed by atoms with E-state index in [1.165, 1.54) is 17.8 Å². The van der Waals surface area contributed by atoms with Gasteiger partial charge in [0.25, 0.3) is 0 Å². The topological polar surface area (TPSA) is 117 Å². The maximum absolute atomic E-state index is 13.3. The highest BCUT2D eigenvalue weighted by Crippen LogP contribution is 2.39. The van der Waals surface area contributed by atoms with Crippen molar-refractivity contribution in [3.8, 4) is 0 Å². The second kappa shape index (κ2) is 10.3. The molecule has 1 aromatic heterocycles. The van der Waals surface area contributed by atoms with E-state index in [0.717, 1.165) is 11.8 Å². The fraction of sp³-hybridized carbons (Fsp3) is 0.375. The number of dihydropyridines is 1. The number of hydrogen-bond donors (Lipinski definition) is 1. The maximum atomic E-state index is 13.3. The first kappa shape index (κ1) is 25.2.